The summed E-state index contributed by atoms with van der Waals surface area (Å²) in [7, 11) is 1.86. The van der Waals surface area contributed by atoms with Gasteiger partial charge in [0.1, 0.15) is 5.75 Å². The minimum atomic E-state index is -0.428. The lowest BCUT2D eigenvalue weighted by atomic mass is 10.1. The minimum Gasteiger partial charge on any atom is -0.454 e. The van der Waals surface area contributed by atoms with Crippen LogP contribution in [0.3, 0.4) is 0 Å². The molecule has 2 aromatic rings. The molecule has 0 aromatic heterocycles. The number of halogens is 3. The van der Waals surface area contributed by atoms with Crippen molar-refractivity contribution in [1.82, 2.24) is 5.32 Å². The molecule has 0 heterocycles. The third-order valence-corrected chi connectivity index (χ3v) is 3.81. The van der Waals surface area contributed by atoms with Crippen LogP contribution in [-0.2, 0) is 0 Å². The summed E-state index contributed by atoms with van der Waals surface area (Å²) in [4.78, 5) is 0. The molecule has 0 saturated heterocycles. The van der Waals surface area contributed by atoms with Gasteiger partial charge in [0.25, 0.3) is 0 Å². The largest absolute Gasteiger partial charge is 0.454 e. The number of hydrogen-bond acceptors (Lipinski definition) is 2. The molecule has 0 fully saturated rings. The maximum Gasteiger partial charge on any atom is 0.166 e. The first-order valence-electron chi connectivity index (χ1n) is 6.11. The molecule has 106 valence electrons. The van der Waals surface area contributed by atoms with Gasteiger partial charge in [-0.05, 0) is 49.9 Å². The van der Waals surface area contributed by atoms with Crippen molar-refractivity contribution in [3.05, 3.63) is 57.3 Å². The van der Waals surface area contributed by atoms with E-state index in [1.807, 2.05) is 20.0 Å². The van der Waals surface area contributed by atoms with E-state index in [0.717, 1.165) is 5.56 Å². The summed E-state index contributed by atoms with van der Waals surface area (Å²) in [5.41, 5.74) is 0.970. The highest BCUT2D eigenvalue weighted by Gasteiger charge is 2.10. The molecule has 0 aliphatic heterocycles. The lowest BCUT2D eigenvalue weighted by Crippen LogP contribution is -2.12. The molecule has 20 heavy (non-hydrogen) atoms. The van der Waals surface area contributed by atoms with E-state index < -0.39 is 5.82 Å². The number of nitrogens with one attached hydrogen (secondary N) is 1. The maximum atomic E-state index is 13.7. The molecule has 2 aromatic carbocycles. The number of ether oxygens (including phenoxy) is 1. The van der Waals surface area contributed by atoms with Gasteiger partial charge in [-0.25, -0.2) is 4.39 Å². The summed E-state index contributed by atoms with van der Waals surface area (Å²) in [5, 5.41) is 3.70. The van der Waals surface area contributed by atoms with Gasteiger partial charge >= 0.3 is 0 Å². The van der Waals surface area contributed by atoms with Gasteiger partial charge in [0.15, 0.2) is 11.6 Å². The summed E-state index contributed by atoms with van der Waals surface area (Å²) < 4.78 is 19.9. The van der Waals surface area contributed by atoms with Gasteiger partial charge in [-0.1, -0.05) is 33.6 Å². The van der Waals surface area contributed by atoms with E-state index in [0.29, 0.717) is 15.2 Å². The van der Waals surface area contributed by atoms with Gasteiger partial charge in [-0.15, -0.1) is 0 Å². The summed E-state index contributed by atoms with van der Waals surface area (Å²) in [6.45, 7) is 2.01. The Balaban J connectivity index is 2.24. The van der Waals surface area contributed by atoms with Crippen molar-refractivity contribution in [3.8, 4) is 11.5 Å². The molecule has 0 saturated carbocycles. The van der Waals surface area contributed by atoms with Gasteiger partial charge in [-0.3, -0.25) is 0 Å². The van der Waals surface area contributed by atoms with Crippen LogP contribution in [0.4, 0.5) is 4.39 Å². The molecule has 0 bridgehead atoms. The Bertz CT molecular complexity index is 621. The minimum absolute atomic E-state index is 0.140. The van der Waals surface area contributed by atoms with E-state index in [2.05, 4.69) is 21.2 Å². The zero-order chi connectivity index (χ0) is 14.7. The Hall–Kier alpha value is -1.10. The monoisotopic (exact) mass is 357 g/mol. The second-order valence-corrected chi connectivity index (χ2v) is 5.69. The Morgan fingerprint density at radius 2 is 2.00 bits per heavy atom. The standard InChI is InChI=1S/C15H14BrClFNO/c1-9(19-2)12-5-4-11(8-13(12)17)20-15-6-3-10(16)7-14(15)18/h3-9,19H,1-2H3. The van der Waals surface area contributed by atoms with Crippen molar-refractivity contribution in [1.29, 1.82) is 0 Å². The Morgan fingerprint density at radius 3 is 2.60 bits per heavy atom. The van der Waals surface area contributed by atoms with Crippen LogP contribution in [-0.4, -0.2) is 7.05 Å². The zero-order valence-electron chi connectivity index (χ0n) is 11.1. The molecular weight excluding hydrogens is 345 g/mol. The molecule has 0 spiro atoms. The van der Waals surface area contributed by atoms with Gasteiger partial charge < -0.3 is 10.1 Å². The van der Waals surface area contributed by atoms with E-state index in [4.69, 9.17) is 16.3 Å². The number of benzene rings is 2. The van der Waals surface area contributed by atoms with E-state index in [1.54, 1.807) is 24.3 Å². The fourth-order valence-electron chi connectivity index (χ4n) is 1.76. The van der Waals surface area contributed by atoms with Crippen molar-refractivity contribution in [2.45, 2.75) is 13.0 Å². The second kappa shape index (κ2) is 6.57. The van der Waals surface area contributed by atoms with Crippen LogP contribution >= 0.6 is 27.5 Å². The van der Waals surface area contributed by atoms with Crippen molar-refractivity contribution < 1.29 is 9.13 Å². The SMILES string of the molecule is CNC(C)c1ccc(Oc2ccc(Br)cc2F)cc1Cl. The van der Waals surface area contributed by atoms with E-state index in [-0.39, 0.29) is 11.8 Å². The van der Waals surface area contributed by atoms with Gasteiger partial charge in [0.05, 0.1) is 0 Å². The first kappa shape index (κ1) is 15.3. The third kappa shape index (κ3) is 3.51. The molecule has 1 atom stereocenters. The molecule has 2 rings (SSSR count). The molecule has 5 heteroatoms. The van der Waals surface area contributed by atoms with E-state index in [9.17, 15) is 4.39 Å². The van der Waals surface area contributed by atoms with Gasteiger partial charge in [0.2, 0.25) is 0 Å². The molecular formula is C15H14BrClFNO. The number of rotatable bonds is 4. The summed E-state index contributed by atoms with van der Waals surface area (Å²) in [5.74, 6) is 0.241. The second-order valence-electron chi connectivity index (χ2n) is 4.37. The summed E-state index contributed by atoms with van der Waals surface area (Å²) in [6.07, 6.45) is 0. The molecule has 2 nitrogen and oxygen atoms in total. The highest BCUT2D eigenvalue weighted by Crippen LogP contribution is 2.31. The highest BCUT2D eigenvalue weighted by atomic mass is 79.9. The van der Waals surface area contributed by atoms with Crippen LogP contribution < -0.4 is 10.1 Å². The first-order valence-corrected chi connectivity index (χ1v) is 7.28. The summed E-state index contributed by atoms with van der Waals surface area (Å²) >= 11 is 9.42. The molecule has 1 N–H and O–H groups in total. The topological polar surface area (TPSA) is 21.3 Å². The molecule has 0 amide bonds. The fourth-order valence-corrected chi connectivity index (χ4v) is 2.43. The quantitative estimate of drug-likeness (QED) is 0.799. The Kier molecular flexibility index (Phi) is 5.02. The lowest BCUT2D eigenvalue weighted by Gasteiger charge is -2.14. The first-order chi connectivity index (χ1) is 9.51. The van der Waals surface area contributed by atoms with Crippen LogP contribution in [0, 0.1) is 5.82 Å². The average molecular weight is 359 g/mol. The third-order valence-electron chi connectivity index (χ3n) is 2.99. The Labute approximate surface area is 131 Å². The smallest absolute Gasteiger partial charge is 0.166 e. The van der Waals surface area contributed by atoms with Gasteiger partial charge in [-0.2, -0.15) is 0 Å². The van der Waals surface area contributed by atoms with Gasteiger partial charge in [0, 0.05) is 15.5 Å². The molecule has 0 aliphatic carbocycles. The summed E-state index contributed by atoms with van der Waals surface area (Å²) in [6, 6.07) is 10.1. The highest BCUT2D eigenvalue weighted by molar-refractivity contribution is 9.10. The predicted octanol–water partition coefficient (Wildman–Crippen LogP) is 5.31. The van der Waals surface area contributed by atoms with Crippen LogP contribution in [0.5, 0.6) is 11.5 Å². The molecule has 1 unspecified atom stereocenters. The van der Waals surface area contributed by atoms with Crippen LogP contribution in [0.1, 0.15) is 18.5 Å². The van der Waals surface area contributed by atoms with Crippen molar-refractivity contribution in [2.24, 2.45) is 0 Å². The predicted molar refractivity (Wildman–Crippen MR) is 83.1 cm³/mol. The fraction of sp³-hybridized carbons (Fsp3) is 0.200. The van der Waals surface area contributed by atoms with Crippen LogP contribution in [0.25, 0.3) is 0 Å². The van der Waals surface area contributed by atoms with Crippen molar-refractivity contribution >= 4 is 27.5 Å². The number of hydrogen-bond donors (Lipinski definition) is 1. The normalized spacial score (nSPS) is 12.2. The van der Waals surface area contributed by atoms with Crippen molar-refractivity contribution in [3.63, 3.8) is 0 Å². The van der Waals surface area contributed by atoms with Crippen molar-refractivity contribution in [2.75, 3.05) is 7.05 Å². The maximum absolute atomic E-state index is 13.7. The van der Waals surface area contributed by atoms with E-state index in [1.165, 1.54) is 6.07 Å². The van der Waals surface area contributed by atoms with E-state index >= 15 is 0 Å². The molecule has 0 radical (unpaired) electrons. The lowest BCUT2D eigenvalue weighted by molar-refractivity contribution is 0.441. The van der Waals surface area contributed by atoms with Crippen LogP contribution in [0.15, 0.2) is 40.9 Å². The average Bonchev–Trinajstić information content (AvgIpc) is 2.41. The Morgan fingerprint density at radius 1 is 1.25 bits per heavy atom. The van der Waals surface area contributed by atoms with Crippen LogP contribution in [0.2, 0.25) is 5.02 Å². The zero-order valence-corrected chi connectivity index (χ0v) is 13.4. The molecule has 0 aliphatic rings.